The second-order valence-electron chi connectivity index (χ2n) is 8.44. The molecule has 168 valence electrons. The van der Waals surface area contributed by atoms with Crippen molar-refractivity contribution >= 4 is 23.2 Å². The number of imidazole rings is 1. The van der Waals surface area contributed by atoms with Gasteiger partial charge in [0.15, 0.2) is 11.5 Å². The van der Waals surface area contributed by atoms with Crippen LogP contribution in [0.5, 0.6) is 0 Å². The third-order valence-electron chi connectivity index (χ3n) is 5.99. The Bertz CT molecular complexity index is 1430. The Kier molecular flexibility index (Phi) is 4.97. The van der Waals surface area contributed by atoms with E-state index in [2.05, 4.69) is 23.5 Å². The summed E-state index contributed by atoms with van der Waals surface area (Å²) in [4.78, 5) is 32.3. The summed E-state index contributed by atoms with van der Waals surface area (Å²) in [6.07, 6.45) is 3.39. The summed E-state index contributed by atoms with van der Waals surface area (Å²) in [6.45, 7) is 4.14. The number of amides is 1. The first-order chi connectivity index (χ1) is 15.8. The standard InChI is InChI=1S/C24H23ClN6O2/c1-14(2)30-22-20(27-23(30)18-11-12-26-29(18)4)24(33)31(17-9-10-19(32)28(3)13-17)21(22)15-5-7-16(25)8-6-15/h5-14,21H,1-4H3. The van der Waals surface area contributed by atoms with Crippen molar-refractivity contribution < 1.29 is 4.79 Å². The third kappa shape index (κ3) is 3.29. The molecule has 0 spiro atoms. The zero-order valence-electron chi connectivity index (χ0n) is 18.7. The topological polar surface area (TPSA) is 78.0 Å². The minimum Gasteiger partial charge on any atom is -0.321 e. The number of carbonyl (C=O) groups excluding carboxylic acids is 1. The molecule has 5 rings (SSSR count). The molecule has 1 unspecified atom stereocenters. The van der Waals surface area contributed by atoms with E-state index in [1.165, 1.54) is 10.6 Å². The van der Waals surface area contributed by atoms with Gasteiger partial charge in [-0.05, 0) is 43.7 Å². The van der Waals surface area contributed by atoms with Gasteiger partial charge in [-0.25, -0.2) is 4.98 Å². The van der Waals surface area contributed by atoms with Crippen molar-refractivity contribution in [2.45, 2.75) is 25.9 Å². The quantitative estimate of drug-likeness (QED) is 0.460. The Morgan fingerprint density at radius 3 is 2.33 bits per heavy atom. The van der Waals surface area contributed by atoms with Crippen LogP contribution in [-0.4, -0.2) is 29.8 Å². The highest BCUT2D eigenvalue weighted by molar-refractivity contribution is 6.30. The van der Waals surface area contributed by atoms with E-state index in [9.17, 15) is 9.59 Å². The Morgan fingerprint density at radius 1 is 1.00 bits per heavy atom. The fourth-order valence-electron chi connectivity index (χ4n) is 4.45. The van der Waals surface area contributed by atoms with Crippen LogP contribution in [0.3, 0.4) is 0 Å². The molecule has 33 heavy (non-hydrogen) atoms. The van der Waals surface area contributed by atoms with Gasteiger partial charge in [-0.3, -0.25) is 19.2 Å². The normalized spacial score (nSPS) is 15.5. The van der Waals surface area contributed by atoms with Crippen LogP contribution in [0.1, 0.15) is 47.7 Å². The number of rotatable bonds is 4. The third-order valence-corrected chi connectivity index (χ3v) is 6.24. The summed E-state index contributed by atoms with van der Waals surface area (Å²) < 4.78 is 5.32. The molecule has 4 aromatic rings. The SMILES string of the molecule is CC(C)n1c(-c2ccnn2C)nc2c1C(c1ccc(Cl)cc1)N(c1ccc(=O)n(C)c1)C2=O. The average Bonchev–Trinajstić information content (AvgIpc) is 3.44. The van der Waals surface area contributed by atoms with Crippen molar-refractivity contribution in [1.29, 1.82) is 0 Å². The predicted octanol–water partition coefficient (Wildman–Crippen LogP) is 3.97. The first-order valence-electron chi connectivity index (χ1n) is 10.6. The lowest BCUT2D eigenvalue weighted by molar-refractivity contribution is 0.0989. The maximum atomic E-state index is 13.8. The van der Waals surface area contributed by atoms with Crippen LogP contribution >= 0.6 is 11.6 Å². The largest absolute Gasteiger partial charge is 0.321 e. The molecule has 0 radical (unpaired) electrons. The van der Waals surface area contributed by atoms with Gasteiger partial charge in [-0.2, -0.15) is 5.10 Å². The maximum absolute atomic E-state index is 13.8. The van der Waals surface area contributed by atoms with Gasteiger partial charge >= 0.3 is 0 Å². The molecule has 3 aromatic heterocycles. The molecule has 4 heterocycles. The number of hydrogen-bond donors (Lipinski definition) is 0. The molecular weight excluding hydrogens is 440 g/mol. The molecule has 1 atom stereocenters. The molecule has 0 aliphatic carbocycles. The number of fused-ring (bicyclic) bond motifs is 1. The van der Waals surface area contributed by atoms with Gasteiger partial charge in [-0.15, -0.1) is 0 Å². The summed E-state index contributed by atoms with van der Waals surface area (Å²) >= 11 is 6.16. The van der Waals surface area contributed by atoms with Crippen LogP contribution in [0.15, 0.2) is 59.7 Å². The first-order valence-corrected chi connectivity index (χ1v) is 11.0. The smallest absolute Gasteiger partial charge is 0.279 e. The number of pyridine rings is 1. The number of benzene rings is 1. The highest BCUT2D eigenvalue weighted by Crippen LogP contribution is 2.44. The van der Waals surface area contributed by atoms with Gasteiger partial charge in [0.1, 0.15) is 11.7 Å². The zero-order chi connectivity index (χ0) is 23.4. The van der Waals surface area contributed by atoms with Crippen LogP contribution in [0.4, 0.5) is 5.69 Å². The first kappa shape index (κ1) is 21.2. The molecule has 1 aliphatic heterocycles. The summed E-state index contributed by atoms with van der Waals surface area (Å²) in [7, 11) is 3.53. The van der Waals surface area contributed by atoms with E-state index >= 15 is 0 Å². The average molecular weight is 463 g/mol. The molecule has 0 bridgehead atoms. The van der Waals surface area contributed by atoms with Crippen LogP contribution in [0, 0.1) is 0 Å². The van der Waals surface area contributed by atoms with E-state index in [0.717, 1.165) is 17.0 Å². The maximum Gasteiger partial charge on any atom is 0.279 e. The lowest BCUT2D eigenvalue weighted by Crippen LogP contribution is -2.31. The fraction of sp³-hybridized carbons (Fsp3) is 0.250. The molecule has 8 nitrogen and oxygen atoms in total. The lowest BCUT2D eigenvalue weighted by atomic mass is 10.0. The van der Waals surface area contributed by atoms with Crippen LogP contribution in [0.25, 0.3) is 11.5 Å². The molecule has 1 aliphatic rings. The molecular formula is C24H23ClN6O2. The molecule has 1 amide bonds. The Hall–Kier alpha value is -3.65. The minimum atomic E-state index is -0.431. The number of hydrogen-bond acceptors (Lipinski definition) is 4. The van der Waals surface area contributed by atoms with Crippen molar-refractivity contribution in [3.8, 4) is 11.5 Å². The number of carbonyl (C=O) groups is 1. The number of nitrogens with zero attached hydrogens (tertiary/aromatic N) is 6. The minimum absolute atomic E-state index is 0.0360. The van der Waals surface area contributed by atoms with E-state index in [-0.39, 0.29) is 17.5 Å². The Morgan fingerprint density at radius 2 is 1.73 bits per heavy atom. The summed E-state index contributed by atoms with van der Waals surface area (Å²) in [5.41, 5.74) is 3.41. The van der Waals surface area contributed by atoms with Crippen molar-refractivity contribution in [2.24, 2.45) is 14.1 Å². The van der Waals surface area contributed by atoms with E-state index in [1.54, 1.807) is 35.1 Å². The number of anilines is 1. The summed E-state index contributed by atoms with van der Waals surface area (Å²) in [5.74, 6) is 0.480. The summed E-state index contributed by atoms with van der Waals surface area (Å²) in [6, 6.07) is 12.1. The van der Waals surface area contributed by atoms with Crippen LogP contribution in [0.2, 0.25) is 5.02 Å². The Labute approximate surface area is 195 Å². The molecule has 0 saturated heterocycles. The van der Waals surface area contributed by atoms with Gasteiger partial charge in [0.25, 0.3) is 5.91 Å². The highest BCUT2D eigenvalue weighted by Gasteiger charge is 2.45. The molecule has 0 fully saturated rings. The summed E-state index contributed by atoms with van der Waals surface area (Å²) in [5, 5.41) is 4.90. The number of halogens is 1. The Balaban J connectivity index is 1.78. The lowest BCUT2D eigenvalue weighted by Gasteiger charge is -2.28. The second-order valence-corrected chi connectivity index (χ2v) is 8.88. The highest BCUT2D eigenvalue weighted by atomic mass is 35.5. The number of aryl methyl sites for hydroxylation is 2. The van der Waals surface area contributed by atoms with Crippen molar-refractivity contribution in [1.82, 2.24) is 23.9 Å². The van der Waals surface area contributed by atoms with E-state index in [0.29, 0.717) is 22.2 Å². The van der Waals surface area contributed by atoms with Crippen LogP contribution in [-0.2, 0) is 14.1 Å². The molecule has 1 aromatic carbocycles. The zero-order valence-corrected chi connectivity index (χ0v) is 19.5. The van der Waals surface area contributed by atoms with Crippen LogP contribution < -0.4 is 10.5 Å². The van der Waals surface area contributed by atoms with Gasteiger partial charge < -0.3 is 9.13 Å². The van der Waals surface area contributed by atoms with E-state index in [4.69, 9.17) is 16.6 Å². The van der Waals surface area contributed by atoms with E-state index in [1.807, 2.05) is 37.4 Å². The number of aromatic nitrogens is 5. The fourth-order valence-corrected chi connectivity index (χ4v) is 4.58. The second kappa shape index (κ2) is 7.74. The van der Waals surface area contributed by atoms with E-state index < -0.39 is 6.04 Å². The molecule has 0 saturated carbocycles. The predicted molar refractivity (Wildman–Crippen MR) is 127 cm³/mol. The molecule has 0 N–H and O–H groups in total. The molecule has 9 heteroatoms. The van der Waals surface area contributed by atoms with Crippen molar-refractivity contribution in [3.05, 3.63) is 87.2 Å². The van der Waals surface area contributed by atoms with Gasteiger partial charge in [-0.1, -0.05) is 23.7 Å². The van der Waals surface area contributed by atoms with Gasteiger partial charge in [0.05, 0.1) is 11.4 Å². The van der Waals surface area contributed by atoms with Gasteiger partial charge in [0, 0.05) is 43.6 Å². The monoisotopic (exact) mass is 462 g/mol. The van der Waals surface area contributed by atoms with Crippen molar-refractivity contribution in [2.75, 3.05) is 4.90 Å². The van der Waals surface area contributed by atoms with Crippen molar-refractivity contribution in [3.63, 3.8) is 0 Å². The van der Waals surface area contributed by atoms with Gasteiger partial charge in [0.2, 0.25) is 5.56 Å².